The average molecular weight is 432 g/mol. The third-order valence-electron chi connectivity index (χ3n) is 4.98. The van der Waals surface area contributed by atoms with Crippen LogP contribution in [0.5, 0.6) is 0 Å². The van der Waals surface area contributed by atoms with Gasteiger partial charge in [0.25, 0.3) is 0 Å². The smallest absolute Gasteiger partial charge is 0.307 e. The maximum Gasteiger partial charge on any atom is 0.307 e. The highest BCUT2D eigenvalue weighted by atomic mass is 79.9. The maximum absolute atomic E-state index is 14.4. The lowest BCUT2D eigenvalue weighted by molar-refractivity contribution is -0.143. The van der Waals surface area contributed by atoms with Gasteiger partial charge in [0.1, 0.15) is 5.82 Å². The topological polar surface area (TPSA) is 40.5 Å². The van der Waals surface area contributed by atoms with Crippen molar-refractivity contribution in [1.82, 2.24) is 4.90 Å². The number of aliphatic carboxylic acids is 1. The Balaban J connectivity index is 1.80. The third kappa shape index (κ3) is 5.05. The van der Waals surface area contributed by atoms with E-state index in [4.69, 9.17) is 0 Å². The molecule has 0 aliphatic carbocycles. The molecule has 0 unspecified atom stereocenters. The Morgan fingerprint density at radius 3 is 2.59 bits per heavy atom. The van der Waals surface area contributed by atoms with Gasteiger partial charge in [0.15, 0.2) is 0 Å². The van der Waals surface area contributed by atoms with E-state index in [1.807, 2.05) is 30.3 Å². The minimum absolute atomic E-state index is 0.247. The Morgan fingerprint density at radius 1 is 1.19 bits per heavy atom. The zero-order chi connectivity index (χ0) is 19.2. The number of carboxylic acids is 1. The van der Waals surface area contributed by atoms with Crippen LogP contribution < -0.4 is 0 Å². The number of likely N-dealkylation sites (tertiary alicyclic amines) is 1. The molecule has 1 aliphatic heterocycles. The molecular formula is C22H23BrFNO2. The summed E-state index contributed by atoms with van der Waals surface area (Å²) >= 11 is 3.57. The largest absolute Gasteiger partial charge is 0.481 e. The Bertz CT molecular complexity index is 789. The lowest BCUT2D eigenvalue weighted by atomic mass is 9.95. The van der Waals surface area contributed by atoms with Crippen molar-refractivity contribution in [3.05, 3.63) is 76.0 Å². The van der Waals surface area contributed by atoms with Crippen molar-refractivity contribution in [3.8, 4) is 0 Å². The Labute approximate surface area is 167 Å². The molecule has 142 valence electrons. The minimum atomic E-state index is -0.712. The summed E-state index contributed by atoms with van der Waals surface area (Å²) in [6.45, 7) is 2.28. The number of benzene rings is 2. The predicted octanol–water partition coefficient (Wildman–Crippen LogP) is 5.21. The summed E-state index contributed by atoms with van der Waals surface area (Å²) in [7, 11) is 0. The summed E-state index contributed by atoms with van der Waals surface area (Å²) in [5, 5.41) is 9.24. The SMILES string of the molecule is O=C(O)[C@@H]1CCCN(CC/C=C(/c2ccccc2F)c2ccccc2Br)C1. The van der Waals surface area contributed by atoms with Crippen LogP contribution in [0.1, 0.15) is 30.4 Å². The van der Waals surface area contributed by atoms with Gasteiger partial charge in [-0.2, -0.15) is 0 Å². The highest BCUT2D eigenvalue weighted by molar-refractivity contribution is 9.10. The second-order valence-corrected chi connectivity index (χ2v) is 7.70. The summed E-state index contributed by atoms with van der Waals surface area (Å²) in [5.41, 5.74) is 2.38. The first-order valence-electron chi connectivity index (χ1n) is 9.21. The number of piperidine rings is 1. The molecule has 1 fully saturated rings. The molecule has 0 aromatic heterocycles. The van der Waals surface area contributed by atoms with Crippen molar-refractivity contribution in [2.24, 2.45) is 5.92 Å². The number of rotatable bonds is 6. The van der Waals surface area contributed by atoms with E-state index in [9.17, 15) is 14.3 Å². The standard InChI is InChI=1S/C22H23BrFNO2/c23-20-11-3-1-8-18(20)17(19-9-2-4-12-21(19)24)10-6-14-25-13-5-7-16(15-25)22(26)27/h1-4,8-12,16H,5-7,13-15H2,(H,26,27)/b17-10+/t16-/m1/s1. The van der Waals surface area contributed by atoms with Crippen molar-refractivity contribution in [3.63, 3.8) is 0 Å². The first-order chi connectivity index (χ1) is 13.1. The van der Waals surface area contributed by atoms with E-state index in [0.29, 0.717) is 12.1 Å². The van der Waals surface area contributed by atoms with E-state index >= 15 is 0 Å². The number of carboxylic acid groups (broad SMARTS) is 1. The van der Waals surface area contributed by atoms with Crippen molar-refractivity contribution >= 4 is 27.5 Å². The van der Waals surface area contributed by atoms with Gasteiger partial charge in [-0.15, -0.1) is 0 Å². The lowest BCUT2D eigenvalue weighted by Gasteiger charge is -2.30. The monoisotopic (exact) mass is 431 g/mol. The van der Waals surface area contributed by atoms with Crippen LogP contribution >= 0.6 is 15.9 Å². The molecular weight excluding hydrogens is 409 g/mol. The van der Waals surface area contributed by atoms with Crippen molar-refractivity contribution in [2.75, 3.05) is 19.6 Å². The molecule has 2 aromatic rings. The van der Waals surface area contributed by atoms with Crippen LogP contribution in [0.15, 0.2) is 59.1 Å². The predicted molar refractivity (Wildman–Crippen MR) is 109 cm³/mol. The highest BCUT2D eigenvalue weighted by Gasteiger charge is 2.24. The molecule has 1 heterocycles. The molecule has 0 amide bonds. The van der Waals surface area contributed by atoms with Gasteiger partial charge < -0.3 is 10.0 Å². The molecule has 0 radical (unpaired) electrons. The third-order valence-corrected chi connectivity index (χ3v) is 5.67. The summed E-state index contributed by atoms with van der Waals surface area (Å²) in [6, 6.07) is 14.6. The first-order valence-corrected chi connectivity index (χ1v) is 10.0. The highest BCUT2D eigenvalue weighted by Crippen LogP contribution is 2.31. The average Bonchev–Trinajstić information content (AvgIpc) is 2.67. The quantitative estimate of drug-likeness (QED) is 0.682. The molecule has 0 saturated carbocycles. The Hall–Kier alpha value is -1.98. The molecule has 27 heavy (non-hydrogen) atoms. The van der Waals surface area contributed by atoms with Gasteiger partial charge >= 0.3 is 5.97 Å². The maximum atomic E-state index is 14.4. The van der Waals surface area contributed by atoms with E-state index in [2.05, 4.69) is 26.9 Å². The van der Waals surface area contributed by atoms with Crippen molar-refractivity contribution in [1.29, 1.82) is 0 Å². The van der Waals surface area contributed by atoms with Gasteiger partial charge in [-0.1, -0.05) is 58.4 Å². The van der Waals surface area contributed by atoms with Crippen LogP contribution in [0.4, 0.5) is 4.39 Å². The summed E-state index contributed by atoms with van der Waals surface area (Å²) in [6.07, 6.45) is 4.45. The van der Waals surface area contributed by atoms with Gasteiger partial charge in [-0.05, 0) is 49.1 Å². The van der Waals surface area contributed by atoms with Gasteiger partial charge in [0.05, 0.1) is 5.92 Å². The molecule has 0 spiro atoms. The number of carbonyl (C=O) groups is 1. The Morgan fingerprint density at radius 2 is 1.89 bits per heavy atom. The summed E-state index contributed by atoms with van der Waals surface area (Å²) in [5.74, 6) is -1.24. The molecule has 1 saturated heterocycles. The van der Waals surface area contributed by atoms with Gasteiger partial charge in [0.2, 0.25) is 0 Å². The van der Waals surface area contributed by atoms with E-state index in [-0.39, 0.29) is 11.7 Å². The molecule has 3 nitrogen and oxygen atoms in total. The van der Waals surface area contributed by atoms with E-state index in [1.165, 1.54) is 6.07 Å². The van der Waals surface area contributed by atoms with E-state index in [1.54, 1.807) is 12.1 Å². The van der Waals surface area contributed by atoms with Gasteiger partial charge in [-0.25, -0.2) is 4.39 Å². The fraction of sp³-hybridized carbons (Fsp3) is 0.318. The van der Waals surface area contributed by atoms with E-state index < -0.39 is 5.97 Å². The van der Waals surface area contributed by atoms with Gasteiger partial charge in [-0.3, -0.25) is 4.79 Å². The molecule has 3 rings (SSSR count). The minimum Gasteiger partial charge on any atom is -0.481 e. The zero-order valence-corrected chi connectivity index (χ0v) is 16.7. The van der Waals surface area contributed by atoms with Crippen molar-refractivity contribution in [2.45, 2.75) is 19.3 Å². The molecule has 5 heteroatoms. The second kappa shape index (κ2) is 9.29. The molecule has 1 atom stereocenters. The number of hydrogen-bond acceptors (Lipinski definition) is 2. The van der Waals surface area contributed by atoms with Crippen LogP contribution in [0.3, 0.4) is 0 Å². The first kappa shape index (κ1) is 19.8. The summed E-state index contributed by atoms with van der Waals surface area (Å²) in [4.78, 5) is 13.4. The van der Waals surface area contributed by atoms with Gasteiger partial charge in [0, 0.05) is 23.1 Å². The number of nitrogens with zero attached hydrogens (tertiary/aromatic N) is 1. The molecule has 1 N–H and O–H groups in total. The van der Waals surface area contributed by atoms with Crippen LogP contribution in [-0.4, -0.2) is 35.6 Å². The van der Waals surface area contributed by atoms with E-state index in [0.717, 1.165) is 48.0 Å². The number of hydrogen-bond donors (Lipinski definition) is 1. The lowest BCUT2D eigenvalue weighted by Crippen LogP contribution is -2.39. The van der Waals surface area contributed by atoms with Crippen LogP contribution in [0.2, 0.25) is 0 Å². The van der Waals surface area contributed by atoms with Crippen LogP contribution in [0, 0.1) is 11.7 Å². The zero-order valence-electron chi connectivity index (χ0n) is 15.1. The van der Waals surface area contributed by atoms with Crippen LogP contribution in [0.25, 0.3) is 5.57 Å². The number of halogens is 2. The summed E-state index contributed by atoms with van der Waals surface area (Å²) < 4.78 is 15.4. The fourth-order valence-corrected chi connectivity index (χ4v) is 4.07. The molecule has 0 bridgehead atoms. The van der Waals surface area contributed by atoms with Crippen molar-refractivity contribution < 1.29 is 14.3 Å². The second-order valence-electron chi connectivity index (χ2n) is 6.84. The molecule has 1 aliphatic rings. The normalized spacial score (nSPS) is 18.4. The fourth-order valence-electron chi connectivity index (χ4n) is 3.58. The molecule has 2 aromatic carbocycles. The Kier molecular flexibility index (Phi) is 6.80. The van der Waals surface area contributed by atoms with Crippen LogP contribution in [-0.2, 0) is 4.79 Å².